The summed E-state index contributed by atoms with van der Waals surface area (Å²) in [5.74, 6) is 2.18. The van der Waals surface area contributed by atoms with Crippen molar-refractivity contribution in [3.8, 4) is 11.5 Å². The molecular formula is C21H19N3O4. The number of hydrogen-bond acceptors (Lipinski definition) is 5. The van der Waals surface area contributed by atoms with Crippen LogP contribution < -0.4 is 14.8 Å². The van der Waals surface area contributed by atoms with Gasteiger partial charge in [-0.2, -0.15) is 0 Å². The lowest BCUT2D eigenvalue weighted by Gasteiger charge is -2.06. The molecule has 0 saturated carbocycles. The van der Waals surface area contributed by atoms with Gasteiger partial charge < -0.3 is 18.5 Å². The molecule has 0 aliphatic rings. The molecule has 0 spiro atoms. The molecule has 4 rings (SSSR count). The average Bonchev–Trinajstić information content (AvgIpc) is 3.32. The van der Waals surface area contributed by atoms with Crippen molar-refractivity contribution in [2.24, 2.45) is 7.05 Å². The third-order valence-electron chi connectivity index (χ3n) is 4.32. The zero-order valence-electron chi connectivity index (χ0n) is 15.5. The Balaban J connectivity index is 1.43. The van der Waals surface area contributed by atoms with E-state index in [0.717, 1.165) is 11.0 Å². The van der Waals surface area contributed by atoms with Crippen molar-refractivity contribution in [1.82, 2.24) is 9.55 Å². The summed E-state index contributed by atoms with van der Waals surface area (Å²) >= 11 is 0. The van der Waals surface area contributed by atoms with Crippen LogP contribution >= 0.6 is 0 Å². The van der Waals surface area contributed by atoms with Crippen LogP contribution in [0.25, 0.3) is 11.0 Å². The summed E-state index contributed by atoms with van der Waals surface area (Å²) in [6.45, 7) is 0.201. The third-order valence-corrected chi connectivity index (χ3v) is 4.32. The minimum Gasteiger partial charge on any atom is -0.497 e. The first-order chi connectivity index (χ1) is 13.6. The normalized spacial score (nSPS) is 10.8. The molecular weight excluding hydrogens is 358 g/mol. The number of rotatable bonds is 6. The van der Waals surface area contributed by atoms with Gasteiger partial charge >= 0.3 is 0 Å². The SMILES string of the molecule is COc1cccc(OCc2ccc(C(=O)Nc3nc4ccccc4n3C)o2)c1. The molecule has 0 aliphatic carbocycles. The minimum atomic E-state index is -0.369. The average molecular weight is 377 g/mol. The number of aryl methyl sites for hydroxylation is 1. The quantitative estimate of drug-likeness (QED) is 0.549. The lowest BCUT2D eigenvalue weighted by Crippen LogP contribution is -2.14. The largest absolute Gasteiger partial charge is 0.497 e. The van der Waals surface area contributed by atoms with Gasteiger partial charge in [-0.15, -0.1) is 0 Å². The highest BCUT2D eigenvalue weighted by Crippen LogP contribution is 2.21. The Morgan fingerprint density at radius 2 is 1.93 bits per heavy atom. The van der Waals surface area contributed by atoms with Gasteiger partial charge in [0.25, 0.3) is 5.91 Å². The summed E-state index contributed by atoms with van der Waals surface area (Å²) in [6, 6.07) is 18.3. The van der Waals surface area contributed by atoms with Crippen LogP contribution in [0.3, 0.4) is 0 Å². The van der Waals surface area contributed by atoms with Gasteiger partial charge in [0.15, 0.2) is 5.76 Å². The molecule has 0 bridgehead atoms. The first-order valence-corrected chi connectivity index (χ1v) is 8.72. The number of amides is 1. The van der Waals surface area contributed by atoms with Crippen molar-refractivity contribution in [1.29, 1.82) is 0 Å². The molecule has 2 aromatic carbocycles. The van der Waals surface area contributed by atoms with Gasteiger partial charge in [-0.3, -0.25) is 10.1 Å². The highest BCUT2D eigenvalue weighted by atomic mass is 16.5. The van der Waals surface area contributed by atoms with Gasteiger partial charge in [-0.1, -0.05) is 18.2 Å². The fourth-order valence-corrected chi connectivity index (χ4v) is 2.84. The number of benzene rings is 2. The van der Waals surface area contributed by atoms with Gasteiger partial charge in [0.05, 0.1) is 18.1 Å². The molecule has 0 fully saturated rings. The zero-order valence-corrected chi connectivity index (χ0v) is 15.5. The number of anilines is 1. The maximum Gasteiger partial charge on any atom is 0.293 e. The van der Waals surface area contributed by atoms with Crippen LogP contribution in [0, 0.1) is 0 Å². The molecule has 28 heavy (non-hydrogen) atoms. The van der Waals surface area contributed by atoms with Crippen LogP contribution in [0.4, 0.5) is 5.95 Å². The molecule has 4 aromatic rings. The highest BCUT2D eigenvalue weighted by molar-refractivity contribution is 6.02. The maximum absolute atomic E-state index is 12.5. The van der Waals surface area contributed by atoms with E-state index in [1.807, 2.05) is 54.1 Å². The second-order valence-electron chi connectivity index (χ2n) is 6.17. The van der Waals surface area contributed by atoms with Crippen LogP contribution in [0.15, 0.2) is 65.1 Å². The van der Waals surface area contributed by atoms with Gasteiger partial charge in [-0.25, -0.2) is 4.98 Å². The van der Waals surface area contributed by atoms with E-state index in [2.05, 4.69) is 10.3 Å². The van der Waals surface area contributed by atoms with Crippen molar-refractivity contribution in [3.05, 3.63) is 72.2 Å². The first kappa shape index (κ1) is 17.7. The van der Waals surface area contributed by atoms with Crippen molar-refractivity contribution in [3.63, 3.8) is 0 Å². The highest BCUT2D eigenvalue weighted by Gasteiger charge is 2.15. The van der Waals surface area contributed by atoms with Crippen LogP contribution in [0.2, 0.25) is 0 Å². The topological polar surface area (TPSA) is 78.5 Å². The van der Waals surface area contributed by atoms with Crippen LogP contribution in [0.1, 0.15) is 16.3 Å². The van der Waals surface area contributed by atoms with E-state index in [1.165, 1.54) is 0 Å². The molecule has 0 radical (unpaired) electrons. The van der Waals surface area contributed by atoms with Crippen LogP contribution in [-0.4, -0.2) is 22.6 Å². The molecule has 2 heterocycles. The van der Waals surface area contributed by atoms with E-state index >= 15 is 0 Å². The number of aromatic nitrogens is 2. The molecule has 2 aromatic heterocycles. The second-order valence-corrected chi connectivity index (χ2v) is 6.17. The number of methoxy groups -OCH3 is 1. The van der Waals surface area contributed by atoms with Crippen LogP contribution in [-0.2, 0) is 13.7 Å². The minimum absolute atomic E-state index is 0.191. The predicted octanol–water partition coefficient (Wildman–Crippen LogP) is 4.01. The standard InChI is InChI=1S/C21H19N3O4/c1-24-18-9-4-3-8-17(18)22-21(24)23-20(25)19-11-10-16(28-19)13-27-15-7-5-6-14(12-15)26-2/h3-12H,13H2,1-2H3,(H,22,23,25). The molecule has 142 valence electrons. The molecule has 7 heteroatoms. The predicted molar refractivity (Wildman–Crippen MR) is 105 cm³/mol. The molecule has 0 atom stereocenters. The lowest BCUT2D eigenvalue weighted by molar-refractivity contribution is 0.0991. The number of nitrogens with zero attached hydrogens (tertiary/aromatic N) is 2. The van der Waals surface area contributed by atoms with Crippen molar-refractivity contribution in [2.75, 3.05) is 12.4 Å². The Labute approximate surface area is 161 Å². The van der Waals surface area contributed by atoms with Crippen molar-refractivity contribution < 1.29 is 18.7 Å². The van der Waals surface area contributed by atoms with Gasteiger partial charge in [0.2, 0.25) is 5.95 Å². The van der Waals surface area contributed by atoms with Gasteiger partial charge in [0, 0.05) is 13.1 Å². The number of carbonyl (C=O) groups excluding carboxylic acids is 1. The molecule has 0 saturated heterocycles. The van der Waals surface area contributed by atoms with Gasteiger partial charge in [-0.05, 0) is 36.4 Å². The van der Waals surface area contributed by atoms with E-state index in [9.17, 15) is 4.79 Å². The number of furan rings is 1. The fourth-order valence-electron chi connectivity index (χ4n) is 2.84. The summed E-state index contributed by atoms with van der Waals surface area (Å²) in [5.41, 5.74) is 1.75. The first-order valence-electron chi connectivity index (χ1n) is 8.72. The second kappa shape index (κ2) is 7.48. The lowest BCUT2D eigenvalue weighted by atomic mass is 10.3. The van der Waals surface area contributed by atoms with E-state index in [0.29, 0.717) is 23.2 Å². The number of nitrogens with one attached hydrogen (secondary N) is 1. The third kappa shape index (κ3) is 3.55. The number of ether oxygens (including phenoxy) is 2. The maximum atomic E-state index is 12.5. The number of hydrogen-bond donors (Lipinski definition) is 1. The summed E-state index contributed by atoms with van der Waals surface area (Å²) in [4.78, 5) is 16.9. The number of imidazole rings is 1. The van der Waals surface area contributed by atoms with Gasteiger partial charge in [0.1, 0.15) is 23.9 Å². The molecule has 1 N–H and O–H groups in total. The zero-order chi connectivity index (χ0) is 19.5. The summed E-state index contributed by atoms with van der Waals surface area (Å²) in [5, 5.41) is 2.78. The smallest absolute Gasteiger partial charge is 0.293 e. The number of para-hydroxylation sites is 2. The molecule has 0 unspecified atom stereocenters. The Morgan fingerprint density at radius 3 is 2.75 bits per heavy atom. The Hall–Kier alpha value is -3.74. The van der Waals surface area contributed by atoms with E-state index in [-0.39, 0.29) is 18.3 Å². The fraction of sp³-hybridized carbons (Fsp3) is 0.143. The molecule has 7 nitrogen and oxygen atoms in total. The number of carbonyl (C=O) groups is 1. The Kier molecular flexibility index (Phi) is 4.72. The summed E-state index contributed by atoms with van der Waals surface area (Å²) in [7, 11) is 3.45. The van der Waals surface area contributed by atoms with E-state index in [1.54, 1.807) is 25.3 Å². The van der Waals surface area contributed by atoms with Crippen molar-refractivity contribution >= 4 is 22.9 Å². The monoisotopic (exact) mass is 377 g/mol. The van der Waals surface area contributed by atoms with Crippen LogP contribution in [0.5, 0.6) is 11.5 Å². The molecule has 0 aliphatic heterocycles. The Morgan fingerprint density at radius 1 is 1.11 bits per heavy atom. The van der Waals surface area contributed by atoms with E-state index in [4.69, 9.17) is 13.9 Å². The van der Waals surface area contributed by atoms with E-state index < -0.39 is 0 Å². The number of fused-ring (bicyclic) bond motifs is 1. The Bertz CT molecular complexity index is 1130. The summed E-state index contributed by atoms with van der Waals surface area (Å²) in [6.07, 6.45) is 0. The molecule has 1 amide bonds. The van der Waals surface area contributed by atoms with Crippen molar-refractivity contribution in [2.45, 2.75) is 6.61 Å². The summed E-state index contributed by atoms with van der Waals surface area (Å²) < 4.78 is 18.3.